The molecule has 0 saturated carbocycles. The average molecular weight is 436 g/mol. The molecule has 0 aliphatic heterocycles. The van der Waals surface area contributed by atoms with Crippen molar-refractivity contribution >= 4 is 23.5 Å². The molecule has 11 nitrogen and oxygen atoms in total. The van der Waals surface area contributed by atoms with E-state index in [4.69, 9.17) is 9.47 Å². The average Bonchev–Trinajstić information content (AvgIpc) is 2.80. The second kappa shape index (κ2) is 9.80. The van der Waals surface area contributed by atoms with Gasteiger partial charge in [-0.05, 0) is 48.0 Å². The maximum atomic E-state index is 12.2. The van der Waals surface area contributed by atoms with Crippen LogP contribution in [0.25, 0.3) is 0 Å². The number of benzene rings is 3. The fraction of sp³-hybridized carbons (Fsp3) is 0.0476. The number of para-hydroxylation sites is 1. The van der Waals surface area contributed by atoms with Crippen LogP contribution < -0.4 is 14.9 Å². The molecule has 3 aromatic rings. The molecule has 0 aliphatic rings. The van der Waals surface area contributed by atoms with Crippen molar-refractivity contribution in [2.24, 2.45) is 5.10 Å². The van der Waals surface area contributed by atoms with Crippen molar-refractivity contribution in [2.75, 3.05) is 7.11 Å². The van der Waals surface area contributed by atoms with E-state index < -0.39 is 27.1 Å². The van der Waals surface area contributed by atoms with Gasteiger partial charge in [-0.1, -0.05) is 12.1 Å². The third-order valence-corrected chi connectivity index (χ3v) is 4.19. The van der Waals surface area contributed by atoms with Crippen molar-refractivity contribution in [3.8, 4) is 17.2 Å². The second-order valence-corrected chi connectivity index (χ2v) is 6.24. The first-order valence-corrected chi connectivity index (χ1v) is 9.06. The monoisotopic (exact) mass is 436 g/mol. The van der Waals surface area contributed by atoms with Crippen molar-refractivity contribution in [1.82, 2.24) is 5.43 Å². The van der Waals surface area contributed by atoms with Crippen LogP contribution in [0.5, 0.6) is 17.2 Å². The molecule has 11 heteroatoms. The third kappa shape index (κ3) is 5.21. The molecular weight excluding hydrogens is 420 g/mol. The van der Waals surface area contributed by atoms with Gasteiger partial charge in [0.05, 0.1) is 34.8 Å². The summed E-state index contributed by atoms with van der Waals surface area (Å²) in [6.45, 7) is 0. The molecule has 0 unspecified atom stereocenters. The number of carbonyl (C=O) groups excluding carboxylic acids is 1. The highest BCUT2D eigenvalue weighted by Crippen LogP contribution is 2.34. The molecule has 0 radical (unpaired) electrons. The summed E-state index contributed by atoms with van der Waals surface area (Å²) in [6, 6.07) is 16.1. The summed E-state index contributed by atoms with van der Waals surface area (Å²) in [6.07, 6.45) is 1.41. The van der Waals surface area contributed by atoms with E-state index in [-0.39, 0.29) is 11.5 Å². The fourth-order valence-corrected chi connectivity index (χ4v) is 2.66. The molecule has 0 fully saturated rings. The minimum Gasteiger partial charge on any atom is -0.496 e. The Kier molecular flexibility index (Phi) is 6.71. The van der Waals surface area contributed by atoms with Crippen LogP contribution in [-0.4, -0.2) is 29.1 Å². The number of hydrogen-bond donors (Lipinski definition) is 1. The lowest BCUT2D eigenvalue weighted by molar-refractivity contribution is -0.394. The lowest BCUT2D eigenvalue weighted by Gasteiger charge is -2.07. The zero-order chi connectivity index (χ0) is 23.1. The van der Waals surface area contributed by atoms with Crippen molar-refractivity contribution < 1.29 is 24.1 Å². The molecule has 162 valence electrons. The SMILES string of the molecule is COc1ccccc1C(=O)N/N=C\c1ccc(Oc2ccc([N+](=O)[O-])cc2[N+](=O)[O-])cc1. The molecule has 1 N–H and O–H groups in total. The summed E-state index contributed by atoms with van der Waals surface area (Å²) in [5.74, 6) is 0.120. The van der Waals surface area contributed by atoms with Crippen LogP contribution >= 0.6 is 0 Å². The molecule has 3 aromatic carbocycles. The minimum atomic E-state index is -0.756. The Hall–Kier alpha value is -4.80. The molecule has 0 aromatic heterocycles. The van der Waals surface area contributed by atoms with Gasteiger partial charge in [-0.25, -0.2) is 5.43 Å². The second-order valence-electron chi connectivity index (χ2n) is 6.24. The summed E-state index contributed by atoms with van der Waals surface area (Å²) in [4.78, 5) is 32.7. The molecule has 0 spiro atoms. The van der Waals surface area contributed by atoms with Crippen LogP contribution in [-0.2, 0) is 0 Å². The Morgan fingerprint density at radius 3 is 2.34 bits per heavy atom. The summed E-state index contributed by atoms with van der Waals surface area (Å²) in [7, 11) is 1.46. The summed E-state index contributed by atoms with van der Waals surface area (Å²) < 4.78 is 10.6. The number of ether oxygens (including phenoxy) is 2. The quantitative estimate of drug-likeness (QED) is 0.318. The Labute approximate surface area is 181 Å². The number of nitrogens with zero attached hydrogens (tertiary/aromatic N) is 3. The number of carbonyl (C=O) groups is 1. The topological polar surface area (TPSA) is 146 Å². The number of non-ortho nitro benzene ring substituents is 1. The van der Waals surface area contributed by atoms with Gasteiger partial charge in [-0.3, -0.25) is 25.0 Å². The van der Waals surface area contributed by atoms with Gasteiger partial charge in [-0.2, -0.15) is 5.10 Å². The maximum absolute atomic E-state index is 12.2. The molecule has 32 heavy (non-hydrogen) atoms. The van der Waals surface area contributed by atoms with E-state index in [9.17, 15) is 25.0 Å². The lowest BCUT2D eigenvalue weighted by atomic mass is 10.2. The predicted molar refractivity (Wildman–Crippen MR) is 114 cm³/mol. The molecule has 3 rings (SSSR count). The standard InChI is InChI=1S/C21H16N4O7/c1-31-19-5-3-2-4-17(19)21(26)23-22-13-14-6-9-16(10-7-14)32-20-11-8-15(24(27)28)12-18(20)25(29)30/h2-13H,1H3,(H,23,26)/b22-13-. The zero-order valence-electron chi connectivity index (χ0n) is 16.6. The van der Waals surface area contributed by atoms with Gasteiger partial charge in [0.2, 0.25) is 5.75 Å². The maximum Gasteiger partial charge on any atom is 0.318 e. The first-order chi connectivity index (χ1) is 15.4. The van der Waals surface area contributed by atoms with Gasteiger partial charge in [0, 0.05) is 6.07 Å². The molecule has 0 saturated heterocycles. The van der Waals surface area contributed by atoms with Gasteiger partial charge in [0.15, 0.2) is 0 Å². The smallest absolute Gasteiger partial charge is 0.318 e. The fourth-order valence-electron chi connectivity index (χ4n) is 2.66. The van der Waals surface area contributed by atoms with Crippen molar-refractivity contribution in [2.45, 2.75) is 0 Å². The third-order valence-electron chi connectivity index (χ3n) is 4.19. The number of methoxy groups -OCH3 is 1. The van der Waals surface area contributed by atoms with Crippen LogP contribution in [0.2, 0.25) is 0 Å². The first-order valence-electron chi connectivity index (χ1n) is 9.06. The number of hydrazone groups is 1. The van der Waals surface area contributed by atoms with E-state index in [2.05, 4.69) is 10.5 Å². The van der Waals surface area contributed by atoms with Crippen LogP contribution in [0.3, 0.4) is 0 Å². The van der Waals surface area contributed by atoms with Gasteiger partial charge in [0.1, 0.15) is 11.5 Å². The molecule has 0 bridgehead atoms. The Bertz CT molecular complexity index is 1190. The van der Waals surface area contributed by atoms with Gasteiger partial charge in [0.25, 0.3) is 11.6 Å². The lowest BCUT2D eigenvalue weighted by Crippen LogP contribution is -2.18. The van der Waals surface area contributed by atoms with E-state index in [1.807, 2.05) is 0 Å². The van der Waals surface area contributed by atoms with E-state index in [1.165, 1.54) is 31.5 Å². The van der Waals surface area contributed by atoms with Gasteiger partial charge in [-0.15, -0.1) is 0 Å². The Morgan fingerprint density at radius 2 is 1.69 bits per heavy atom. The highest BCUT2D eigenvalue weighted by Gasteiger charge is 2.21. The van der Waals surface area contributed by atoms with Crippen molar-refractivity contribution in [1.29, 1.82) is 0 Å². The van der Waals surface area contributed by atoms with Crippen molar-refractivity contribution in [3.05, 3.63) is 98.1 Å². The van der Waals surface area contributed by atoms with E-state index >= 15 is 0 Å². The Morgan fingerprint density at radius 1 is 0.969 bits per heavy atom. The number of hydrogen-bond acceptors (Lipinski definition) is 8. The van der Waals surface area contributed by atoms with Crippen LogP contribution in [0.15, 0.2) is 71.8 Å². The highest BCUT2D eigenvalue weighted by molar-refractivity contribution is 5.97. The first kappa shape index (κ1) is 21.9. The molecule has 0 aliphatic carbocycles. The van der Waals surface area contributed by atoms with E-state index in [0.717, 1.165) is 12.1 Å². The molecule has 1 amide bonds. The van der Waals surface area contributed by atoms with Crippen LogP contribution in [0, 0.1) is 20.2 Å². The predicted octanol–water partition coefficient (Wildman–Crippen LogP) is 4.07. The summed E-state index contributed by atoms with van der Waals surface area (Å²) in [5.41, 5.74) is 2.42. The van der Waals surface area contributed by atoms with Gasteiger partial charge >= 0.3 is 5.69 Å². The number of amides is 1. The molecule has 0 heterocycles. The van der Waals surface area contributed by atoms with E-state index in [0.29, 0.717) is 16.9 Å². The molecular formula is C21H16N4O7. The minimum absolute atomic E-state index is 0.133. The summed E-state index contributed by atoms with van der Waals surface area (Å²) in [5, 5.41) is 25.9. The summed E-state index contributed by atoms with van der Waals surface area (Å²) >= 11 is 0. The largest absolute Gasteiger partial charge is 0.496 e. The number of nitrogens with one attached hydrogen (secondary N) is 1. The number of nitro groups is 2. The van der Waals surface area contributed by atoms with Gasteiger partial charge < -0.3 is 9.47 Å². The van der Waals surface area contributed by atoms with Crippen molar-refractivity contribution in [3.63, 3.8) is 0 Å². The normalized spacial score (nSPS) is 10.5. The highest BCUT2D eigenvalue weighted by atomic mass is 16.6. The molecule has 0 atom stereocenters. The van der Waals surface area contributed by atoms with Crippen LogP contribution in [0.4, 0.5) is 11.4 Å². The van der Waals surface area contributed by atoms with Crippen LogP contribution in [0.1, 0.15) is 15.9 Å². The number of nitro benzene ring substituents is 2. The zero-order valence-corrected chi connectivity index (χ0v) is 16.6. The number of rotatable bonds is 8. The van der Waals surface area contributed by atoms with E-state index in [1.54, 1.807) is 36.4 Å². The Balaban J connectivity index is 1.67.